The van der Waals surface area contributed by atoms with Crippen LogP contribution in [0.1, 0.15) is 29.8 Å². The average Bonchev–Trinajstić information content (AvgIpc) is 2.41. The van der Waals surface area contributed by atoms with Crippen molar-refractivity contribution in [1.82, 2.24) is 4.98 Å². The molecule has 20 heavy (non-hydrogen) atoms. The van der Waals surface area contributed by atoms with Crippen LogP contribution < -0.4 is 10.6 Å². The molecule has 0 aliphatic heterocycles. The molecule has 0 fully saturated rings. The van der Waals surface area contributed by atoms with Crippen molar-refractivity contribution >= 4 is 17.3 Å². The van der Waals surface area contributed by atoms with Crippen LogP contribution in [-0.4, -0.2) is 16.9 Å². The number of aryl methyl sites for hydroxylation is 1. The molecule has 2 N–H and O–H groups in total. The summed E-state index contributed by atoms with van der Waals surface area (Å²) in [4.78, 5) is 16.4. The highest BCUT2D eigenvalue weighted by Gasteiger charge is 2.12. The van der Waals surface area contributed by atoms with Crippen molar-refractivity contribution in [2.24, 2.45) is 0 Å². The topological polar surface area (TPSA) is 54.0 Å². The fourth-order valence-corrected chi connectivity index (χ4v) is 1.90. The molecule has 0 spiro atoms. The molecule has 0 bridgehead atoms. The number of carbonyl (C=O) groups is 1. The Morgan fingerprint density at radius 3 is 2.60 bits per heavy atom. The van der Waals surface area contributed by atoms with Gasteiger partial charge < -0.3 is 10.6 Å². The fourth-order valence-electron chi connectivity index (χ4n) is 1.90. The molecule has 0 saturated heterocycles. The van der Waals surface area contributed by atoms with E-state index in [-0.39, 0.29) is 11.9 Å². The van der Waals surface area contributed by atoms with Gasteiger partial charge in [0.2, 0.25) is 0 Å². The lowest BCUT2D eigenvalue weighted by molar-refractivity contribution is 0.102. The molecule has 2 rings (SSSR count). The Balaban J connectivity index is 2.23. The molecule has 0 aliphatic carbocycles. The summed E-state index contributed by atoms with van der Waals surface area (Å²) in [7, 11) is 0. The third-order valence-electron chi connectivity index (χ3n) is 2.90. The number of hydrogen-bond acceptors (Lipinski definition) is 3. The minimum absolute atomic E-state index is 0.134. The first-order valence-corrected chi connectivity index (χ1v) is 6.65. The molecule has 1 aromatic heterocycles. The van der Waals surface area contributed by atoms with Crippen LogP contribution >= 0.6 is 0 Å². The van der Waals surface area contributed by atoms with Crippen molar-refractivity contribution in [2.75, 3.05) is 10.6 Å². The quantitative estimate of drug-likeness (QED) is 0.893. The number of carbonyl (C=O) groups excluding carboxylic acids is 1. The zero-order valence-electron chi connectivity index (χ0n) is 12.0. The van der Waals surface area contributed by atoms with Gasteiger partial charge in [0.1, 0.15) is 0 Å². The highest BCUT2D eigenvalue weighted by Crippen LogP contribution is 2.19. The molecule has 1 heterocycles. The summed E-state index contributed by atoms with van der Waals surface area (Å²) in [5.74, 6) is -0.134. The highest BCUT2D eigenvalue weighted by molar-refractivity contribution is 6.08. The van der Waals surface area contributed by atoms with Gasteiger partial charge in [-0.05, 0) is 44.5 Å². The number of hydrogen-bond donors (Lipinski definition) is 2. The first kappa shape index (κ1) is 14.1. The largest absolute Gasteiger partial charge is 0.382 e. The maximum atomic E-state index is 12.4. The monoisotopic (exact) mass is 269 g/mol. The zero-order chi connectivity index (χ0) is 14.5. The number of nitrogens with one attached hydrogen (secondary N) is 2. The SMILES string of the molecule is Cc1ccncc1NC(=O)c1ccccc1NC(C)C. The lowest BCUT2D eigenvalue weighted by Gasteiger charge is -2.15. The molecule has 1 aromatic carbocycles. The van der Waals surface area contributed by atoms with Crippen LogP contribution in [0.25, 0.3) is 0 Å². The molecule has 4 heteroatoms. The predicted molar refractivity (Wildman–Crippen MR) is 82.1 cm³/mol. The summed E-state index contributed by atoms with van der Waals surface area (Å²) in [6.45, 7) is 6.02. The zero-order valence-corrected chi connectivity index (χ0v) is 12.0. The van der Waals surface area contributed by atoms with E-state index >= 15 is 0 Å². The summed E-state index contributed by atoms with van der Waals surface area (Å²) in [6, 6.07) is 9.63. The van der Waals surface area contributed by atoms with Crippen molar-refractivity contribution in [2.45, 2.75) is 26.8 Å². The number of pyridine rings is 1. The average molecular weight is 269 g/mol. The Morgan fingerprint density at radius 1 is 1.15 bits per heavy atom. The number of rotatable bonds is 4. The minimum Gasteiger partial charge on any atom is -0.382 e. The first-order valence-electron chi connectivity index (χ1n) is 6.65. The number of aromatic nitrogens is 1. The normalized spacial score (nSPS) is 10.4. The van der Waals surface area contributed by atoms with Crippen LogP contribution in [0, 0.1) is 6.92 Å². The summed E-state index contributed by atoms with van der Waals surface area (Å²) in [5, 5.41) is 6.18. The van der Waals surface area contributed by atoms with Crippen LogP contribution in [0.3, 0.4) is 0 Å². The van der Waals surface area contributed by atoms with Crippen molar-refractivity contribution in [3.63, 3.8) is 0 Å². The van der Waals surface area contributed by atoms with Gasteiger partial charge in [0, 0.05) is 17.9 Å². The second kappa shape index (κ2) is 6.19. The van der Waals surface area contributed by atoms with E-state index in [9.17, 15) is 4.79 Å². The number of benzene rings is 1. The van der Waals surface area contributed by atoms with E-state index in [1.165, 1.54) is 0 Å². The van der Waals surface area contributed by atoms with Gasteiger partial charge in [-0.1, -0.05) is 12.1 Å². The highest BCUT2D eigenvalue weighted by atomic mass is 16.1. The summed E-state index contributed by atoms with van der Waals surface area (Å²) in [5.41, 5.74) is 3.19. The lowest BCUT2D eigenvalue weighted by Crippen LogP contribution is -2.18. The molecular formula is C16H19N3O. The number of amides is 1. The standard InChI is InChI=1S/C16H19N3O/c1-11(2)18-14-7-5-4-6-13(14)16(20)19-15-10-17-9-8-12(15)3/h4-11,18H,1-3H3,(H,19,20). The molecule has 0 radical (unpaired) electrons. The molecule has 0 saturated carbocycles. The number of para-hydroxylation sites is 1. The predicted octanol–water partition coefficient (Wildman–Crippen LogP) is 3.46. The third-order valence-corrected chi connectivity index (χ3v) is 2.90. The van der Waals surface area contributed by atoms with E-state index in [0.29, 0.717) is 5.56 Å². The van der Waals surface area contributed by atoms with Crippen LogP contribution in [0.5, 0.6) is 0 Å². The second-order valence-corrected chi connectivity index (χ2v) is 4.99. The van der Waals surface area contributed by atoms with Gasteiger partial charge in [0.25, 0.3) is 5.91 Å². The Bertz CT molecular complexity index is 608. The van der Waals surface area contributed by atoms with Gasteiger partial charge in [-0.25, -0.2) is 0 Å². The molecule has 104 valence electrons. The van der Waals surface area contributed by atoms with E-state index in [1.807, 2.05) is 51.1 Å². The Hall–Kier alpha value is -2.36. The van der Waals surface area contributed by atoms with Gasteiger partial charge in [0.05, 0.1) is 17.4 Å². The van der Waals surface area contributed by atoms with Gasteiger partial charge >= 0.3 is 0 Å². The smallest absolute Gasteiger partial charge is 0.257 e. The molecule has 0 unspecified atom stereocenters. The van der Waals surface area contributed by atoms with Gasteiger partial charge in [0.15, 0.2) is 0 Å². The van der Waals surface area contributed by atoms with Crippen LogP contribution in [-0.2, 0) is 0 Å². The third kappa shape index (κ3) is 3.35. The maximum Gasteiger partial charge on any atom is 0.257 e. The molecule has 1 amide bonds. The summed E-state index contributed by atoms with van der Waals surface area (Å²) < 4.78 is 0. The first-order chi connectivity index (χ1) is 9.58. The van der Waals surface area contributed by atoms with Crippen molar-refractivity contribution in [1.29, 1.82) is 0 Å². The van der Waals surface area contributed by atoms with E-state index in [4.69, 9.17) is 0 Å². The summed E-state index contributed by atoms with van der Waals surface area (Å²) >= 11 is 0. The Labute approximate surface area is 119 Å². The molecular weight excluding hydrogens is 250 g/mol. The van der Waals surface area contributed by atoms with E-state index in [2.05, 4.69) is 15.6 Å². The van der Waals surface area contributed by atoms with Crippen LogP contribution in [0.15, 0.2) is 42.7 Å². The molecule has 2 aromatic rings. The maximum absolute atomic E-state index is 12.4. The van der Waals surface area contributed by atoms with E-state index in [0.717, 1.165) is 16.9 Å². The van der Waals surface area contributed by atoms with Crippen molar-refractivity contribution < 1.29 is 4.79 Å². The second-order valence-electron chi connectivity index (χ2n) is 4.99. The molecule has 4 nitrogen and oxygen atoms in total. The Kier molecular flexibility index (Phi) is 4.35. The lowest BCUT2D eigenvalue weighted by atomic mass is 10.1. The van der Waals surface area contributed by atoms with E-state index in [1.54, 1.807) is 12.4 Å². The van der Waals surface area contributed by atoms with Gasteiger partial charge in [-0.15, -0.1) is 0 Å². The summed E-state index contributed by atoms with van der Waals surface area (Å²) in [6.07, 6.45) is 3.37. The Morgan fingerprint density at radius 2 is 1.90 bits per heavy atom. The number of anilines is 2. The van der Waals surface area contributed by atoms with Crippen LogP contribution in [0.4, 0.5) is 11.4 Å². The van der Waals surface area contributed by atoms with Gasteiger partial charge in [-0.2, -0.15) is 0 Å². The molecule has 0 atom stereocenters. The van der Waals surface area contributed by atoms with Crippen molar-refractivity contribution in [3.05, 3.63) is 53.9 Å². The number of nitrogens with zero attached hydrogens (tertiary/aromatic N) is 1. The van der Waals surface area contributed by atoms with Gasteiger partial charge in [-0.3, -0.25) is 9.78 Å². The molecule has 0 aliphatic rings. The van der Waals surface area contributed by atoms with Crippen molar-refractivity contribution in [3.8, 4) is 0 Å². The van der Waals surface area contributed by atoms with E-state index < -0.39 is 0 Å². The minimum atomic E-state index is -0.134. The van der Waals surface area contributed by atoms with Crippen LogP contribution in [0.2, 0.25) is 0 Å². The fraction of sp³-hybridized carbons (Fsp3) is 0.250.